The van der Waals surface area contributed by atoms with Gasteiger partial charge in [-0.1, -0.05) is 17.4 Å². The molecule has 8 nitrogen and oxygen atoms in total. The van der Waals surface area contributed by atoms with Gasteiger partial charge in [-0.15, -0.1) is 11.3 Å². The number of nitrogens with one attached hydrogen (secondary N) is 2. The van der Waals surface area contributed by atoms with Gasteiger partial charge in [0.25, 0.3) is 5.91 Å². The van der Waals surface area contributed by atoms with Crippen LogP contribution in [-0.4, -0.2) is 26.9 Å². The van der Waals surface area contributed by atoms with E-state index in [4.69, 9.17) is 5.73 Å². The average molecular weight is 389 g/mol. The summed E-state index contributed by atoms with van der Waals surface area (Å²) in [5, 5.41) is 18.7. The fraction of sp³-hybridized carbons (Fsp3) is 0.125. The molecule has 0 bridgehead atoms. The van der Waals surface area contributed by atoms with E-state index in [1.54, 1.807) is 12.1 Å². The number of rotatable bonds is 5. The summed E-state index contributed by atoms with van der Waals surface area (Å²) in [4.78, 5) is 32.1. The number of aromatic nitrogens is 2. The van der Waals surface area contributed by atoms with Gasteiger partial charge in [0.05, 0.1) is 27.5 Å². The lowest BCUT2D eigenvalue weighted by molar-refractivity contribution is -0.114. The number of nitrogens with zero attached hydrogens (tertiary/aromatic N) is 2. The Morgan fingerprint density at radius 3 is 2.69 bits per heavy atom. The lowest BCUT2D eigenvalue weighted by Crippen LogP contribution is -2.11. The molecule has 0 saturated carbocycles. The highest BCUT2D eigenvalue weighted by molar-refractivity contribution is 7.20. The minimum atomic E-state index is -0.711. The predicted molar refractivity (Wildman–Crippen MR) is 102 cm³/mol. The van der Waals surface area contributed by atoms with Crippen molar-refractivity contribution in [1.29, 1.82) is 0 Å². The zero-order valence-corrected chi connectivity index (χ0v) is 15.5. The monoisotopic (exact) mass is 389 g/mol. The molecule has 2 aromatic heterocycles. The van der Waals surface area contributed by atoms with E-state index in [1.165, 1.54) is 35.7 Å². The topological polar surface area (TPSA) is 130 Å². The van der Waals surface area contributed by atoms with Crippen LogP contribution in [-0.2, 0) is 4.79 Å². The van der Waals surface area contributed by atoms with Crippen molar-refractivity contribution in [2.24, 2.45) is 5.73 Å². The first-order chi connectivity index (χ1) is 12.3. The smallest absolute Gasteiger partial charge is 0.252 e. The summed E-state index contributed by atoms with van der Waals surface area (Å²) in [6.07, 6.45) is 0. The van der Waals surface area contributed by atoms with Crippen LogP contribution in [0.3, 0.4) is 0 Å². The molecule has 0 fully saturated rings. The number of aryl methyl sites for hydroxylation is 1. The normalized spacial score (nSPS) is 10.5. The number of nitrogens with two attached hydrogens (primary N) is 1. The molecule has 0 unspecified atom stereocenters. The highest BCUT2D eigenvalue weighted by Gasteiger charge is 2.16. The quantitative estimate of drug-likeness (QED) is 0.496. The van der Waals surface area contributed by atoms with Gasteiger partial charge < -0.3 is 21.5 Å². The molecule has 5 N–H and O–H groups in total. The fourth-order valence-electron chi connectivity index (χ4n) is 2.23. The van der Waals surface area contributed by atoms with Crippen LogP contribution in [0.25, 0.3) is 10.6 Å². The maximum atomic E-state index is 11.3. The van der Waals surface area contributed by atoms with E-state index in [0.717, 1.165) is 10.6 Å². The number of benzene rings is 1. The van der Waals surface area contributed by atoms with Gasteiger partial charge in [-0.2, -0.15) is 0 Å². The highest BCUT2D eigenvalue weighted by atomic mass is 32.1. The van der Waals surface area contributed by atoms with Crippen molar-refractivity contribution in [3.8, 4) is 16.3 Å². The number of hydrogen-bond acceptors (Lipinski definition) is 8. The standard InChI is InChI=1S/C16H15N5O3S2/c1-7-13(26-16(18-7)19-8(2)22)11-6-25-15(21-11)20-10-5-3-4-9(12(10)23)14(17)24/h3-6,23H,1-2H3,(H2,17,24)(H,20,21)(H,18,19,22). The summed E-state index contributed by atoms with van der Waals surface area (Å²) in [6, 6.07) is 4.68. The molecule has 3 rings (SSSR count). The molecule has 3 aromatic rings. The van der Waals surface area contributed by atoms with Crippen LogP contribution in [0, 0.1) is 6.92 Å². The zero-order valence-electron chi connectivity index (χ0n) is 13.9. The van der Waals surface area contributed by atoms with Gasteiger partial charge in [0.1, 0.15) is 0 Å². The SMILES string of the molecule is CC(=O)Nc1nc(C)c(-c2csc(Nc3cccc(C(N)=O)c3O)n2)s1. The number of carbonyl (C=O) groups is 2. The summed E-state index contributed by atoms with van der Waals surface area (Å²) >= 11 is 2.67. The Hall–Kier alpha value is -2.98. The molecule has 0 saturated heterocycles. The zero-order chi connectivity index (χ0) is 18.8. The van der Waals surface area contributed by atoms with E-state index >= 15 is 0 Å². The summed E-state index contributed by atoms with van der Waals surface area (Å²) in [7, 11) is 0. The van der Waals surface area contributed by atoms with Gasteiger partial charge in [0.15, 0.2) is 16.0 Å². The molecule has 2 amide bonds. The van der Waals surface area contributed by atoms with Crippen LogP contribution < -0.4 is 16.4 Å². The van der Waals surface area contributed by atoms with Gasteiger partial charge >= 0.3 is 0 Å². The van der Waals surface area contributed by atoms with E-state index in [9.17, 15) is 14.7 Å². The number of para-hydroxylation sites is 1. The van der Waals surface area contributed by atoms with Crippen LogP contribution in [0.15, 0.2) is 23.6 Å². The Kier molecular flexibility index (Phi) is 4.87. The summed E-state index contributed by atoms with van der Waals surface area (Å²) < 4.78 is 0. The van der Waals surface area contributed by atoms with Gasteiger partial charge in [-0.25, -0.2) is 9.97 Å². The second-order valence-electron chi connectivity index (χ2n) is 5.34. The molecule has 0 aliphatic heterocycles. The number of aromatic hydroxyl groups is 1. The van der Waals surface area contributed by atoms with Crippen LogP contribution in [0.4, 0.5) is 16.0 Å². The first kappa shape index (κ1) is 17.8. The molecular weight excluding hydrogens is 374 g/mol. The lowest BCUT2D eigenvalue weighted by Gasteiger charge is -2.07. The first-order valence-corrected chi connectivity index (χ1v) is 9.14. The van der Waals surface area contributed by atoms with Crippen molar-refractivity contribution in [2.45, 2.75) is 13.8 Å². The first-order valence-electron chi connectivity index (χ1n) is 7.45. The Labute approximate surface area is 156 Å². The Morgan fingerprint density at radius 1 is 1.23 bits per heavy atom. The van der Waals surface area contributed by atoms with Crippen molar-refractivity contribution < 1.29 is 14.7 Å². The second kappa shape index (κ2) is 7.10. The third-order valence-corrected chi connectivity index (χ3v) is 5.21. The molecule has 0 spiro atoms. The van der Waals surface area contributed by atoms with Crippen molar-refractivity contribution in [2.75, 3.05) is 10.6 Å². The Balaban J connectivity index is 1.85. The molecule has 0 aliphatic carbocycles. The van der Waals surface area contributed by atoms with E-state index in [-0.39, 0.29) is 17.2 Å². The van der Waals surface area contributed by atoms with Crippen molar-refractivity contribution in [3.63, 3.8) is 0 Å². The van der Waals surface area contributed by atoms with E-state index < -0.39 is 5.91 Å². The number of amides is 2. The molecule has 2 heterocycles. The lowest BCUT2D eigenvalue weighted by atomic mass is 10.1. The number of carbonyl (C=O) groups excluding carboxylic acids is 2. The van der Waals surface area contributed by atoms with E-state index in [0.29, 0.717) is 21.6 Å². The summed E-state index contributed by atoms with van der Waals surface area (Å²) in [6.45, 7) is 3.26. The Morgan fingerprint density at radius 2 is 2.00 bits per heavy atom. The second-order valence-corrected chi connectivity index (χ2v) is 7.20. The Bertz CT molecular complexity index is 996. The van der Waals surface area contributed by atoms with Gasteiger partial charge in [0, 0.05) is 12.3 Å². The molecule has 0 aliphatic rings. The minimum absolute atomic E-state index is 0.0324. The van der Waals surface area contributed by atoms with Crippen LogP contribution >= 0.6 is 22.7 Å². The van der Waals surface area contributed by atoms with Crippen molar-refractivity contribution in [1.82, 2.24) is 9.97 Å². The van der Waals surface area contributed by atoms with Crippen LogP contribution in [0.5, 0.6) is 5.75 Å². The van der Waals surface area contributed by atoms with Gasteiger partial charge in [-0.3, -0.25) is 9.59 Å². The third kappa shape index (κ3) is 3.65. The maximum Gasteiger partial charge on any atom is 0.252 e. The maximum absolute atomic E-state index is 11.3. The van der Waals surface area contributed by atoms with Crippen molar-refractivity contribution in [3.05, 3.63) is 34.8 Å². The van der Waals surface area contributed by atoms with Crippen LogP contribution in [0.2, 0.25) is 0 Å². The molecule has 134 valence electrons. The highest BCUT2D eigenvalue weighted by Crippen LogP contribution is 2.36. The van der Waals surface area contributed by atoms with E-state index in [1.807, 2.05) is 12.3 Å². The van der Waals surface area contributed by atoms with E-state index in [2.05, 4.69) is 20.6 Å². The molecule has 1 aromatic carbocycles. The minimum Gasteiger partial charge on any atom is -0.505 e. The molecule has 26 heavy (non-hydrogen) atoms. The molecular formula is C16H15N5O3S2. The van der Waals surface area contributed by atoms with Crippen LogP contribution in [0.1, 0.15) is 23.0 Å². The molecule has 0 atom stereocenters. The number of hydrogen-bond donors (Lipinski definition) is 4. The van der Waals surface area contributed by atoms with Crippen molar-refractivity contribution >= 4 is 50.4 Å². The fourth-order valence-corrected chi connectivity index (χ4v) is 3.99. The average Bonchev–Trinajstić information content (AvgIpc) is 3.15. The number of phenols is 1. The molecule has 0 radical (unpaired) electrons. The number of anilines is 3. The largest absolute Gasteiger partial charge is 0.505 e. The number of primary amides is 1. The van der Waals surface area contributed by atoms with Gasteiger partial charge in [-0.05, 0) is 19.1 Å². The predicted octanol–water partition coefficient (Wildman–Crippen LogP) is 3.08. The third-order valence-electron chi connectivity index (χ3n) is 3.36. The van der Waals surface area contributed by atoms with Gasteiger partial charge in [0.2, 0.25) is 5.91 Å². The summed E-state index contributed by atoms with van der Waals surface area (Å²) in [5.41, 5.74) is 7.06. The number of thiazole rings is 2. The summed E-state index contributed by atoms with van der Waals surface area (Å²) in [5.74, 6) is -1.12. The molecule has 10 heteroatoms.